The number of nitrogens with zero attached hydrogens (tertiary/aromatic N) is 1. The molecule has 15 heavy (non-hydrogen) atoms. The first-order chi connectivity index (χ1) is 7.07. The van der Waals surface area contributed by atoms with Gasteiger partial charge in [-0.15, -0.1) is 0 Å². The molecule has 0 fully saturated rings. The van der Waals surface area contributed by atoms with Gasteiger partial charge in [0.05, 0.1) is 12.5 Å². The lowest BCUT2D eigenvalue weighted by Gasteiger charge is -2.06. The zero-order valence-corrected chi connectivity index (χ0v) is 9.00. The summed E-state index contributed by atoms with van der Waals surface area (Å²) in [5, 5.41) is 8.44. The van der Waals surface area contributed by atoms with Crippen LogP contribution < -0.4 is 9.44 Å². The Bertz CT molecular complexity index is 459. The molecule has 0 aliphatic rings. The number of hydrogen-bond acceptors (Lipinski definition) is 3. The van der Waals surface area contributed by atoms with Crippen LogP contribution in [0.2, 0.25) is 0 Å². The van der Waals surface area contributed by atoms with Crippen molar-refractivity contribution in [2.24, 2.45) is 0 Å². The third-order valence-corrected chi connectivity index (χ3v) is 2.80. The minimum atomic E-state index is -3.46. The van der Waals surface area contributed by atoms with E-state index in [1.165, 1.54) is 7.05 Å². The van der Waals surface area contributed by atoms with Crippen molar-refractivity contribution in [3.63, 3.8) is 0 Å². The normalized spacial score (nSPS) is 10.7. The smallest absolute Gasteiger partial charge is 0.271 e. The van der Waals surface area contributed by atoms with Gasteiger partial charge in [-0.05, 0) is 17.7 Å². The van der Waals surface area contributed by atoms with Gasteiger partial charge in [-0.25, -0.2) is 4.72 Å². The molecule has 2 N–H and O–H groups in total. The van der Waals surface area contributed by atoms with Crippen molar-refractivity contribution >= 4 is 15.9 Å². The first-order valence-corrected chi connectivity index (χ1v) is 5.73. The van der Waals surface area contributed by atoms with Crippen molar-refractivity contribution in [2.75, 3.05) is 11.8 Å². The second kappa shape index (κ2) is 4.77. The molecule has 0 saturated carbocycles. The van der Waals surface area contributed by atoms with Gasteiger partial charge in [0.15, 0.2) is 0 Å². The molecule has 1 aromatic carbocycles. The van der Waals surface area contributed by atoms with Gasteiger partial charge < -0.3 is 0 Å². The lowest BCUT2D eigenvalue weighted by molar-refractivity contribution is 0.593. The standard InChI is InChI=1S/C9H11N3O2S/c1-11-15(13,14)12-9-4-2-8(3-5-9)6-7-10/h2-5,11-12H,6H2,1H3. The number of rotatable bonds is 4. The first kappa shape index (κ1) is 11.5. The summed E-state index contributed by atoms with van der Waals surface area (Å²) in [6.45, 7) is 0. The molecule has 0 bridgehead atoms. The van der Waals surface area contributed by atoms with Gasteiger partial charge in [0.1, 0.15) is 0 Å². The Labute approximate surface area is 88.9 Å². The Morgan fingerprint density at radius 1 is 1.33 bits per heavy atom. The van der Waals surface area contributed by atoms with E-state index in [2.05, 4.69) is 9.44 Å². The van der Waals surface area contributed by atoms with E-state index in [1.807, 2.05) is 6.07 Å². The van der Waals surface area contributed by atoms with Crippen molar-refractivity contribution in [2.45, 2.75) is 6.42 Å². The van der Waals surface area contributed by atoms with Gasteiger partial charge in [-0.1, -0.05) is 12.1 Å². The topological polar surface area (TPSA) is 82.0 Å². The number of hydrogen-bond donors (Lipinski definition) is 2. The SMILES string of the molecule is CNS(=O)(=O)Nc1ccc(CC#N)cc1. The Hall–Kier alpha value is -1.58. The minimum absolute atomic E-state index is 0.319. The summed E-state index contributed by atoms with van der Waals surface area (Å²) in [5.74, 6) is 0. The van der Waals surface area contributed by atoms with Crippen LogP contribution in [0.15, 0.2) is 24.3 Å². The van der Waals surface area contributed by atoms with Crippen LogP contribution in [-0.4, -0.2) is 15.5 Å². The molecule has 5 nitrogen and oxygen atoms in total. The Morgan fingerprint density at radius 3 is 2.40 bits per heavy atom. The predicted octanol–water partition coefficient (Wildman–Crippen LogP) is 0.629. The molecule has 6 heteroatoms. The maximum atomic E-state index is 11.1. The monoisotopic (exact) mass is 225 g/mol. The molecule has 0 amide bonds. The summed E-state index contributed by atoms with van der Waals surface area (Å²) in [5.41, 5.74) is 1.32. The van der Waals surface area contributed by atoms with E-state index in [1.54, 1.807) is 24.3 Å². The molecule has 0 atom stereocenters. The third-order valence-electron chi connectivity index (χ3n) is 1.76. The van der Waals surface area contributed by atoms with Crippen LogP contribution in [0.5, 0.6) is 0 Å². The molecule has 0 saturated heterocycles. The highest BCUT2D eigenvalue weighted by Gasteiger charge is 2.05. The lowest BCUT2D eigenvalue weighted by atomic mass is 10.1. The van der Waals surface area contributed by atoms with Gasteiger partial charge in [0, 0.05) is 12.7 Å². The maximum Gasteiger partial charge on any atom is 0.298 e. The molecule has 1 rings (SSSR count). The van der Waals surface area contributed by atoms with Gasteiger partial charge in [-0.3, -0.25) is 4.72 Å². The van der Waals surface area contributed by atoms with Crippen molar-refractivity contribution in [3.8, 4) is 6.07 Å². The molecule has 80 valence electrons. The van der Waals surface area contributed by atoms with E-state index in [-0.39, 0.29) is 0 Å². The molecule has 0 unspecified atom stereocenters. The average molecular weight is 225 g/mol. The quantitative estimate of drug-likeness (QED) is 0.788. The van der Waals surface area contributed by atoms with Crippen LogP contribution in [-0.2, 0) is 16.6 Å². The van der Waals surface area contributed by atoms with Gasteiger partial charge >= 0.3 is 0 Å². The summed E-state index contributed by atoms with van der Waals surface area (Å²) < 4.78 is 26.7. The first-order valence-electron chi connectivity index (χ1n) is 4.24. The highest BCUT2D eigenvalue weighted by atomic mass is 32.2. The van der Waals surface area contributed by atoms with E-state index in [0.29, 0.717) is 12.1 Å². The molecule has 1 aromatic rings. The molecule has 0 radical (unpaired) electrons. The van der Waals surface area contributed by atoms with E-state index >= 15 is 0 Å². The van der Waals surface area contributed by atoms with Crippen molar-refractivity contribution in [3.05, 3.63) is 29.8 Å². The maximum absolute atomic E-state index is 11.1. The molecule has 0 spiro atoms. The number of anilines is 1. The Balaban J connectivity index is 2.78. The highest BCUT2D eigenvalue weighted by molar-refractivity contribution is 7.90. The van der Waals surface area contributed by atoms with Crippen molar-refractivity contribution < 1.29 is 8.42 Å². The van der Waals surface area contributed by atoms with Gasteiger partial charge in [-0.2, -0.15) is 13.7 Å². The van der Waals surface area contributed by atoms with Crippen LogP contribution in [0.1, 0.15) is 5.56 Å². The summed E-state index contributed by atoms with van der Waals surface area (Å²) in [6, 6.07) is 8.65. The summed E-state index contributed by atoms with van der Waals surface area (Å²) in [7, 11) is -2.14. The zero-order valence-electron chi connectivity index (χ0n) is 8.19. The summed E-state index contributed by atoms with van der Waals surface area (Å²) in [6.07, 6.45) is 0.319. The number of nitrogens with one attached hydrogen (secondary N) is 2. The van der Waals surface area contributed by atoms with Crippen LogP contribution in [0, 0.1) is 11.3 Å². The van der Waals surface area contributed by atoms with Crippen LogP contribution in [0.3, 0.4) is 0 Å². The minimum Gasteiger partial charge on any atom is -0.271 e. The fourth-order valence-corrected chi connectivity index (χ4v) is 1.54. The molecular weight excluding hydrogens is 214 g/mol. The van der Waals surface area contributed by atoms with Gasteiger partial charge in [0.25, 0.3) is 10.2 Å². The van der Waals surface area contributed by atoms with E-state index in [9.17, 15) is 8.42 Å². The predicted molar refractivity (Wildman–Crippen MR) is 57.4 cm³/mol. The van der Waals surface area contributed by atoms with Gasteiger partial charge in [0.2, 0.25) is 0 Å². The fraction of sp³-hybridized carbons (Fsp3) is 0.222. The average Bonchev–Trinajstić information content (AvgIpc) is 2.21. The molecule has 0 aromatic heterocycles. The second-order valence-corrected chi connectivity index (χ2v) is 4.46. The summed E-state index contributed by atoms with van der Waals surface area (Å²) in [4.78, 5) is 0. The second-order valence-electron chi connectivity index (χ2n) is 2.84. The third kappa shape index (κ3) is 3.58. The summed E-state index contributed by atoms with van der Waals surface area (Å²) >= 11 is 0. The van der Waals surface area contributed by atoms with E-state index in [0.717, 1.165) is 5.56 Å². The lowest BCUT2D eigenvalue weighted by Crippen LogP contribution is -2.26. The Morgan fingerprint density at radius 2 is 1.93 bits per heavy atom. The van der Waals surface area contributed by atoms with Crippen molar-refractivity contribution in [1.29, 1.82) is 5.26 Å². The van der Waals surface area contributed by atoms with Crippen LogP contribution in [0.25, 0.3) is 0 Å². The molecule has 0 aliphatic heterocycles. The zero-order chi connectivity index (χ0) is 11.3. The molecular formula is C9H11N3O2S. The van der Waals surface area contributed by atoms with Crippen LogP contribution >= 0.6 is 0 Å². The molecule has 0 aliphatic carbocycles. The van der Waals surface area contributed by atoms with Crippen molar-refractivity contribution in [1.82, 2.24) is 4.72 Å². The fourth-order valence-electron chi connectivity index (χ4n) is 0.988. The Kier molecular flexibility index (Phi) is 3.66. The van der Waals surface area contributed by atoms with E-state index in [4.69, 9.17) is 5.26 Å². The largest absolute Gasteiger partial charge is 0.298 e. The molecule has 0 heterocycles. The highest BCUT2D eigenvalue weighted by Crippen LogP contribution is 2.10. The number of benzene rings is 1. The van der Waals surface area contributed by atoms with E-state index < -0.39 is 10.2 Å². The number of nitriles is 1. The van der Waals surface area contributed by atoms with Crippen LogP contribution in [0.4, 0.5) is 5.69 Å².